The van der Waals surface area contributed by atoms with Gasteiger partial charge in [0, 0.05) is 9.68 Å². The number of nitrogen functional groups attached to an aromatic ring is 1. The normalized spacial score (nSPS) is 16.1. The summed E-state index contributed by atoms with van der Waals surface area (Å²) in [7, 11) is 0. The van der Waals surface area contributed by atoms with E-state index >= 15 is 0 Å². The molecule has 2 rings (SSSR count). The second-order valence-corrected chi connectivity index (χ2v) is 4.94. The van der Waals surface area contributed by atoms with E-state index in [0.29, 0.717) is 0 Å². The minimum absolute atomic E-state index is 0.255. The Kier molecular flexibility index (Phi) is 3.70. The molecule has 24 heavy (non-hydrogen) atoms. The highest BCUT2D eigenvalue weighted by Crippen LogP contribution is 2.32. The summed E-state index contributed by atoms with van der Waals surface area (Å²) in [5.41, 5.74) is 0.492. The Morgan fingerprint density at radius 2 is 2.21 bits per heavy atom. The number of carboxylic acids is 1. The van der Waals surface area contributed by atoms with E-state index in [0.717, 1.165) is 24.4 Å². The number of aromatic carboxylic acids is 1. The van der Waals surface area contributed by atoms with Gasteiger partial charge >= 0.3 is 5.97 Å². The lowest BCUT2D eigenvalue weighted by Gasteiger charge is -2.26. The molecule has 0 spiro atoms. The Bertz CT molecular complexity index is 880. The second kappa shape index (κ2) is 6.46. The summed E-state index contributed by atoms with van der Waals surface area (Å²) in [6.45, 7) is -4.03. The predicted molar refractivity (Wildman–Crippen MR) is 80.6 cm³/mol. The molecule has 2 aromatic rings. The molecule has 0 bridgehead atoms. The number of aliphatic hydroxyl groups is 2. The molecule has 0 radical (unpaired) electrons. The van der Waals surface area contributed by atoms with Crippen LogP contribution in [0.4, 0.5) is 14.6 Å². The van der Waals surface area contributed by atoms with Crippen LogP contribution in [0.2, 0.25) is 0 Å². The summed E-state index contributed by atoms with van der Waals surface area (Å²) in [6.07, 6.45) is -2.39. The number of anilines is 1. The molecule has 1 heterocycles. The molecule has 7 nitrogen and oxygen atoms in total. The summed E-state index contributed by atoms with van der Waals surface area (Å²) in [5, 5.41) is 28.3. The summed E-state index contributed by atoms with van der Waals surface area (Å²) in [6, 6.07) is 2.81. The van der Waals surface area contributed by atoms with Gasteiger partial charge in [-0.1, -0.05) is 12.1 Å². The fourth-order valence-corrected chi connectivity index (χ4v) is 2.00. The molecule has 0 aliphatic carbocycles. The summed E-state index contributed by atoms with van der Waals surface area (Å²) < 4.78 is 49.2. The number of aliphatic hydroxyl groups excluding tert-OH is 1. The number of benzene rings is 1. The first-order chi connectivity index (χ1) is 12.4. The molecule has 0 saturated carbocycles. The fraction of sp³-hybridized carbons (Fsp3) is 0.267. The number of nitrogens with zero attached hydrogens (tertiary/aromatic N) is 2. The first-order valence-electron chi connectivity index (χ1n) is 8.04. The Hall–Kier alpha value is -2.65. The molecule has 128 valence electrons. The number of carboxylic acid groups (broad SMARTS) is 1. The molecule has 9 heteroatoms. The molecule has 1 aromatic carbocycles. The fourth-order valence-electron chi connectivity index (χ4n) is 2.00. The molecule has 0 saturated heterocycles. The second-order valence-electron chi connectivity index (χ2n) is 4.94. The molecule has 0 aliphatic heterocycles. The third-order valence-corrected chi connectivity index (χ3v) is 3.40. The van der Waals surface area contributed by atoms with Crippen molar-refractivity contribution in [1.29, 1.82) is 0 Å². The van der Waals surface area contributed by atoms with Gasteiger partial charge in [0.05, 0.1) is 18.5 Å². The van der Waals surface area contributed by atoms with E-state index in [9.17, 15) is 23.8 Å². The molecule has 0 fully saturated rings. The van der Waals surface area contributed by atoms with Gasteiger partial charge in [0.25, 0.3) is 6.43 Å². The number of nitrogens with two attached hydrogens (primary N) is 1. The van der Waals surface area contributed by atoms with E-state index in [4.69, 9.17) is 15.0 Å². The van der Waals surface area contributed by atoms with Crippen molar-refractivity contribution in [3.8, 4) is 11.3 Å². The van der Waals surface area contributed by atoms with E-state index in [2.05, 4.69) is 9.97 Å². The SMILES string of the molecule is [2H]C([2H])([2H])c1ccc(C(O)(CO)C(F)F)cc1-c1cnc(N)c(C(=O)O)n1. The first kappa shape index (κ1) is 13.8. The zero-order valence-corrected chi connectivity index (χ0v) is 12.1. The predicted octanol–water partition coefficient (Wildman–Crippen LogP) is 1.18. The van der Waals surface area contributed by atoms with Gasteiger partial charge in [0.1, 0.15) is 0 Å². The van der Waals surface area contributed by atoms with E-state index < -0.39 is 48.5 Å². The van der Waals surface area contributed by atoms with Gasteiger partial charge < -0.3 is 21.1 Å². The molecule has 1 atom stereocenters. The van der Waals surface area contributed by atoms with Crippen LogP contribution in [0.15, 0.2) is 24.4 Å². The molecule has 5 N–H and O–H groups in total. The zero-order chi connectivity index (χ0) is 20.6. The number of hydrogen-bond acceptors (Lipinski definition) is 6. The van der Waals surface area contributed by atoms with Gasteiger partial charge in [-0.3, -0.25) is 0 Å². The van der Waals surface area contributed by atoms with E-state index in [1.807, 2.05) is 0 Å². The number of aromatic nitrogens is 2. The molecule has 0 aliphatic rings. The molecular weight excluding hydrogens is 324 g/mol. The highest BCUT2D eigenvalue weighted by molar-refractivity contribution is 5.91. The van der Waals surface area contributed by atoms with Crippen LogP contribution in [0.5, 0.6) is 0 Å². The van der Waals surface area contributed by atoms with Crippen molar-refractivity contribution in [3.05, 3.63) is 41.2 Å². The minimum atomic E-state index is -3.37. The average molecular weight is 342 g/mol. The largest absolute Gasteiger partial charge is 0.476 e. The smallest absolute Gasteiger partial charge is 0.358 e. The number of alkyl halides is 2. The molecule has 1 unspecified atom stereocenters. The van der Waals surface area contributed by atoms with Crippen LogP contribution < -0.4 is 5.73 Å². The number of rotatable bonds is 5. The average Bonchev–Trinajstić information content (AvgIpc) is 2.59. The quantitative estimate of drug-likeness (QED) is 0.642. The Balaban J connectivity index is 2.78. The van der Waals surface area contributed by atoms with Gasteiger partial charge in [-0.2, -0.15) is 0 Å². The highest BCUT2D eigenvalue weighted by atomic mass is 19.3. The Morgan fingerprint density at radius 3 is 2.75 bits per heavy atom. The number of halogens is 2. The topological polar surface area (TPSA) is 130 Å². The van der Waals surface area contributed by atoms with E-state index in [-0.39, 0.29) is 16.8 Å². The lowest BCUT2D eigenvalue weighted by molar-refractivity contribution is -0.129. The van der Waals surface area contributed by atoms with E-state index in [1.54, 1.807) is 0 Å². The molecule has 1 aromatic heterocycles. The number of aryl methyl sites for hydroxylation is 1. The van der Waals surface area contributed by atoms with Crippen LogP contribution in [0, 0.1) is 6.85 Å². The highest BCUT2D eigenvalue weighted by Gasteiger charge is 2.39. The maximum Gasteiger partial charge on any atom is 0.358 e. The first-order valence-corrected chi connectivity index (χ1v) is 6.54. The number of hydrogen-bond donors (Lipinski definition) is 4. The van der Waals surface area contributed by atoms with Crippen LogP contribution in [-0.4, -0.2) is 44.3 Å². The van der Waals surface area contributed by atoms with Gasteiger partial charge in [0.15, 0.2) is 17.1 Å². The standard InChI is InChI=1S/C15H15F2N3O4/c1-7-2-3-8(15(24,6-21)14(16)17)4-9(7)10-5-19-12(18)11(20-10)13(22)23/h2-5,14,21,24H,6H2,1H3,(H2,18,19)(H,22,23)/i1D3. The van der Waals surface area contributed by atoms with Crippen molar-refractivity contribution in [2.75, 3.05) is 12.3 Å². The van der Waals surface area contributed by atoms with Crippen LogP contribution >= 0.6 is 0 Å². The van der Waals surface area contributed by atoms with Gasteiger partial charge in [-0.25, -0.2) is 23.5 Å². The molecular formula is C15H15F2N3O4. The van der Waals surface area contributed by atoms with E-state index in [1.165, 1.54) is 0 Å². The lowest BCUT2D eigenvalue weighted by Crippen LogP contribution is -2.38. The third-order valence-electron chi connectivity index (χ3n) is 3.40. The van der Waals surface area contributed by atoms with Crippen molar-refractivity contribution in [2.24, 2.45) is 0 Å². The summed E-state index contributed by atoms with van der Waals surface area (Å²) >= 11 is 0. The Morgan fingerprint density at radius 1 is 1.50 bits per heavy atom. The van der Waals surface area contributed by atoms with Gasteiger partial charge in [-0.15, -0.1) is 0 Å². The van der Waals surface area contributed by atoms with Crippen molar-refractivity contribution in [1.82, 2.24) is 9.97 Å². The van der Waals surface area contributed by atoms with Gasteiger partial charge in [0.2, 0.25) is 0 Å². The Labute approximate surface area is 139 Å². The minimum Gasteiger partial charge on any atom is -0.476 e. The number of carbonyl (C=O) groups is 1. The van der Waals surface area contributed by atoms with Crippen molar-refractivity contribution < 1.29 is 33.0 Å². The van der Waals surface area contributed by atoms with Crippen molar-refractivity contribution >= 4 is 11.8 Å². The monoisotopic (exact) mass is 342 g/mol. The maximum atomic E-state index is 13.2. The van der Waals surface area contributed by atoms with Crippen LogP contribution in [-0.2, 0) is 5.60 Å². The zero-order valence-electron chi connectivity index (χ0n) is 15.1. The van der Waals surface area contributed by atoms with Gasteiger partial charge in [-0.05, 0) is 24.0 Å². The van der Waals surface area contributed by atoms with Crippen molar-refractivity contribution in [2.45, 2.75) is 18.9 Å². The maximum absolute atomic E-state index is 13.2. The third kappa shape index (κ3) is 3.03. The van der Waals surface area contributed by atoms with Crippen LogP contribution in [0.1, 0.15) is 25.7 Å². The van der Waals surface area contributed by atoms with Crippen LogP contribution in [0.3, 0.4) is 0 Å². The lowest BCUT2D eigenvalue weighted by atomic mass is 9.91. The van der Waals surface area contributed by atoms with Crippen molar-refractivity contribution in [3.63, 3.8) is 0 Å². The van der Waals surface area contributed by atoms with Crippen LogP contribution in [0.25, 0.3) is 11.3 Å². The molecule has 0 amide bonds. The summed E-state index contributed by atoms with van der Waals surface area (Å²) in [4.78, 5) is 18.6. The summed E-state index contributed by atoms with van der Waals surface area (Å²) in [5.74, 6) is -1.94.